The third-order valence-corrected chi connectivity index (χ3v) is 11.1. The first-order valence-corrected chi connectivity index (χ1v) is 18.1. The molecule has 0 fully saturated rings. The minimum absolute atomic E-state index is 0.00972. The van der Waals surface area contributed by atoms with E-state index >= 15 is 0 Å². The quantitative estimate of drug-likeness (QED) is 0.116. The van der Waals surface area contributed by atoms with E-state index in [0.717, 1.165) is 12.2 Å². The molecule has 57 heavy (non-hydrogen) atoms. The van der Waals surface area contributed by atoms with Crippen LogP contribution in [0.1, 0.15) is 82.5 Å². The summed E-state index contributed by atoms with van der Waals surface area (Å²) in [6.45, 7) is 14.3. The number of phenols is 1. The van der Waals surface area contributed by atoms with Crippen molar-refractivity contribution in [3.63, 3.8) is 0 Å². The zero-order chi connectivity index (χ0) is 42.4. The van der Waals surface area contributed by atoms with Gasteiger partial charge in [-0.3, -0.25) is 4.79 Å². The number of hydrogen-bond acceptors (Lipinski definition) is 13. The number of allylic oxidation sites excluding steroid dienone is 2. The smallest absolute Gasteiger partial charge is 0.356 e. The van der Waals surface area contributed by atoms with Gasteiger partial charge in [0, 0.05) is 29.6 Å². The van der Waals surface area contributed by atoms with E-state index in [1.54, 1.807) is 41.5 Å². The molecule has 1 atom stereocenters. The van der Waals surface area contributed by atoms with Crippen molar-refractivity contribution in [1.82, 2.24) is 9.97 Å². The van der Waals surface area contributed by atoms with Crippen molar-refractivity contribution in [1.29, 1.82) is 0 Å². The second-order valence-electron chi connectivity index (χ2n) is 13.6. The highest BCUT2D eigenvalue weighted by Gasteiger charge is 2.48. The number of aromatic carboxylic acids is 1. The second kappa shape index (κ2) is 15.7. The van der Waals surface area contributed by atoms with Crippen LogP contribution in [0.3, 0.4) is 0 Å². The van der Waals surface area contributed by atoms with Gasteiger partial charge in [-0.2, -0.15) is 0 Å². The highest BCUT2D eigenvalue weighted by Crippen LogP contribution is 2.45. The largest absolute Gasteiger partial charge is 0.506 e. The number of hydrogen-bond donors (Lipinski definition) is 3. The molecule has 296 valence electrons. The van der Waals surface area contributed by atoms with E-state index in [4.69, 9.17) is 18.9 Å². The summed E-state index contributed by atoms with van der Waals surface area (Å²) in [6.07, 6.45) is 6.25. The number of aryl methyl sites for hydroxylation is 1. The number of aromatic hydroxyl groups is 1. The first kappa shape index (κ1) is 42.0. The van der Waals surface area contributed by atoms with E-state index < -0.39 is 41.0 Å². The van der Waals surface area contributed by atoms with Crippen LogP contribution in [0.5, 0.6) is 23.0 Å². The van der Waals surface area contributed by atoms with Gasteiger partial charge in [-0.05, 0) is 140 Å². The number of methoxy groups -OCH3 is 1. The Kier molecular flexibility index (Phi) is 11.6. The minimum Gasteiger partial charge on any atom is -0.506 e. The third-order valence-electron chi connectivity index (χ3n) is 10.4. The van der Waals surface area contributed by atoms with Crippen LogP contribution >= 0.6 is 15.9 Å². The number of ketones is 1. The maximum atomic E-state index is 14.0. The lowest BCUT2D eigenvalue weighted by molar-refractivity contribution is -0.151. The molecule has 4 aromatic rings. The van der Waals surface area contributed by atoms with Crippen LogP contribution in [0.25, 0.3) is 11.1 Å². The van der Waals surface area contributed by atoms with E-state index in [-0.39, 0.29) is 66.4 Å². The van der Waals surface area contributed by atoms with Crippen molar-refractivity contribution in [2.45, 2.75) is 67.9 Å². The molecule has 5 rings (SSSR count). The summed E-state index contributed by atoms with van der Waals surface area (Å²) in [5.41, 5.74) is 1.13. The molecule has 1 heterocycles. The molecule has 0 aliphatic heterocycles. The highest BCUT2D eigenvalue weighted by molar-refractivity contribution is 9.10. The molecule has 0 spiro atoms. The lowest BCUT2D eigenvalue weighted by Crippen LogP contribution is -2.47. The van der Waals surface area contributed by atoms with Gasteiger partial charge in [-0.1, -0.05) is 0 Å². The number of carboxylic acid groups (broad SMARTS) is 1. The fourth-order valence-electron chi connectivity index (χ4n) is 6.89. The van der Waals surface area contributed by atoms with E-state index in [2.05, 4.69) is 25.9 Å². The second-order valence-corrected chi connectivity index (χ2v) is 14.4. The molecule has 1 aromatic heterocycles. The van der Waals surface area contributed by atoms with Gasteiger partial charge in [-0.25, -0.2) is 29.1 Å². The van der Waals surface area contributed by atoms with E-state index in [1.165, 1.54) is 52.7 Å². The summed E-state index contributed by atoms with van der Waals surface area (Å²) in [6, 6.07) is 1.46. The Morgan fingerprint density at radius 3 is 1.82 bits per heavy atom. The molecular formula is C42H39BrN2O12. The molecule has 0 unspecified atom stereocenters. The predicted octanol–water partition coefficient (Wildman–Crippen LogP) is 6.91. The van der Waals surface area contributed by atoms with Gasteiger partial charge in [0.25, 0.3) is 0 Å². The third kappa shape index (κ3) is 7.19. The van der Waals surface area contributed by atoms with E-state index in [0.29, 0.717) is 38.9 Å². The Morgan fingerprint density at radius 2 is 1.26 bits per heavy atom. The number of aromatic nitrogens is 2. The highest BCUT2D eigenvalue weighted by atomic mass is 79.9. The lowest BCUT2D eigenvalue weighted by Gasteiger charge is -2.30. The van der Waals surface area contributed by atoms with Crippen molar-refractivity contribution in [3.05, 3.63) is 114 Å². The van der Waals surface area contributed by atoms with Crippen LogP contribution in [0.2, 0.25) is 0 Å². The molecule has 3 N–H and O–H groups in total. The normalized spacial score (nSPS) is 15.1. The Balaban J connectivity index is 1.56. The van der Waals surface area contributed by atoms with Crippen LogP contribution in [-0.2, 0) is 14.3 Å². The standard InChI is InChI=1S/C42H39BrN2O12/c1-17-11-28(32(26-14-44-16-45-15-26)25(9)30(17)39(50)56-36-22(6)19(3)31(38(48)49)20(4)23(36)7)55-40(51)33-21(5)24(8)37(34(43)35(33)47)57-41(52)42(53)18(2)12-27(46)13-29(42)54-10/h11-16,47,53H,1-10H3,(H,48,49)/t42-/m1/s1. The lowest BCUT2D eigenvalue weighted by atomic mass is 9.87. The van der Waals surface area contributed by atoms with Gasteiger partial charge < -0.3 is 34.3 Å². The summed E-state index contributed by atoms with van der Waals surface area (Å²) in [5, 5.41) is 32.5. The molecule has 0 bridgehead atoms. The SMILES string of the molecule is COC1=CC(=O)C=C(C)[C@]1(O)C(=O)Oc1c(C)c(C)c(C(=O)Oc2cc(C)c(C(=O)Oc3c(C)c(C)c(C(=O)O)c(C)c3C)c(C)c2-c2cncnc2)c(O)c1Br. The summed E-state index contributed by atoms with van der Waals surface area (Å²) in [5.74, 6) is -5.58. The van der Waals surface area contributed by atoms with Crippen molar-refractivity contribution in [2.75, 3.05) is 7.11 Å². The molecule has 1 aliphatic rings. The summed E-state index contributed by atoms with van der Waals surface area (Å²) in [4.78, 5) is 73.7. The Labute approximate surface area is 335 Å². The summed E-state index contributed by atoms with van der Waals surface area (Å²) in [7, 11) is 1.18. The van der Waals surface area contributed by atoms with Crippen LogP contribution < -0.4 is 14.2 Å². The van der Waals surface area contributed by atoms with Gasteiger partial charge in [0.1, 0.15) is 39.4 Å². The molecule has 0 saturated heterocycles. The van der Waals surface area contributed by atoms with Crippen LogP contribution in [0.15, 0.2) is 52.7 Å². The van der Waals surface area contributed by atoms with Gasteiger partial charge in [0.15, 0.2) is 11.5 Å². The molecule has 3 aromatic carbocycles. The fraction of sp³-hybridized carbons (Fsp3) is 0.262. The number of carboxylic acids is 1. The Bertz CT molecular complexity index is 2450. The first-order chi connectivity index (χ1) is 26.7. The topological polar surface area (TPSA) is 209 Å². The van der Waals surface area contributed by atoms with Gasteiger partial charge in [0.2, 0.25) is 5.60 Å². The van der Waals surface area contributed by atoms with Crippen LogP contribution in [0.4, 0.5) is 0 Å². The maximum Gasteiger partial charge on any atom is 0.356 e. The monoisotopic (exact) mass is 842 g/mol. The summed E-state index contributed by atoms with van der Waals surface area (Å²) < 4.78 is 22.5. The average Bonchev–Trinajstić information content (AvgIpc) is 3.15. The molecule has 0 radical (unpaired) electrons. The van der Waals surface area contributed by atoms with Gasteiger partial charge in [0.05, 0.1) is 18.2 Å². The zero-order valence-corrected chi connectivity index (χ0v) is 34.3. The van der Waals surface area contributed by atoms with Crippen molar-refractivity contribution in [3.8, 4) is 34.1 Å². The Hall–Kier alpha value is -6.19. The van der Waals surface area contributed by atoms with Crippen LogP contribution in [0, 0.1) is 55.4 Å². The molecule has 15 heteroatoms. The molecular weight excluding hydrogens is 804 g/mol. The molecule has 0 amide bonds. The number of aliphatic hydroxyl groups is 1. The number of ether oxygens (including phenoxy) is 4. The van der Waals surface area contributed by atoms with E-state index in [1.807, 2.05) is 0 Å². The fourth-order valence-corrected chi connectivity index (χ4v) is 7.46. The van der Waals surface area contributed by atoms with Crippen molar-refractivity contribution >= 4 is 45.6 Å². The van der Waals surface area contributed by atoms with Crippen LogP contribution in [-0.4, -0.2) is 67.7 Å². The van der Waals surface area contributed by atoms with Gasteiger partial charge >= 0.3 is 23.9 Å². The van der Waals surface area contributed by atoms with Crippen molar-refractivity contribution in [2.24, 2.45) is 0 Å². The molecule has 1 aliphatic carbocycles. The number of carbonyl (C=O) groups excluding carboxylic acids is 4. The Morgan fingerprint density at radius 1 is 0.719 bits per heavy atom. The average molecular weight is 844 g/mol. The number of esters is 3. The number of benzene rings is 3. The molecule has 14 nitrogen and oxygen atoms in total. The predicted molar refractivity (Wildman–Crippen MR) is 209 cm³/mol. The number of halogens is 1. The number of phenolic OH excluding ortho intramolecular Hbond substituents is 1. The number of nitrogens with zero attached hydrogens (tertiary/aromatic N) is 2. The van der Waals surface area contributed by atoms with Gasteiger partial charge in [-0.15, -0.1) is 0 Å². The number of carbonyl (C=O) groups is 5. The van der Waals surface area contributed by atoms with Crippen molar-refractivity contribution < 1.29 is 58.2 Å². The maximum absolute atomic E-state index is 14.0. The minimum atomic E-state index is -2.46. The van der Waals surface area contributed by atoms with E-state index in [9.17, 15) is 39.3 Å². The first-order valence-electron chi connectivity index (χ1n) is 17.3. The zero-order valence-electron chi connectivity index (χ0n) is 32.8. The molecule has 0 saturated carbocycles. The number of rotatable bonds is 9. The summed E-state index contributed by atoms with van der Waals surface area (Å²) >= 11 is 3.23.